The summed E-state index contributed by atoms with van der Waals surface area (Å²) in [4.78, 5) is 13.9. The van der Waals surface area contributed by atoms with Gasteiger partial charge in [-0.1, -0.05) is 32.9 Å². The Kier molecular flexibility index (Phi) is 7.93. The van der Waals surface area contributed by atoms with E-state index in [-0.39, 0.29) is 11.5 Å². The monoisotopic (exact) mass is 321 g/mol. The van der Waals surface area contributed by atoms with Crippen molar-refractivity contribution in [3.8, 4) is 5.75 Å². The average Bonchev–Trinajstić information content (AvgIpc) is 2.55. The zero-order valence-electron chi connectivity index (χ0n) is 15.0. The average molecular weight is 321 g/mol. The number of hydrogen-bond donors (Lipinski definition) is 1. The minimum Gasteiger partial charge on any atom is -0.508 e. The first kappa shape index (κ1) is 19.3. The van der Waals surface area contributed by atoms with Crippen molar-refractivity contribution in [1.82, 2.24) is 4.90 Å². The van der Waals surface area contributed by atoms with Gasteiger partial charge in [-0.15, -0.1) is 0 Å². The van der Waals surface area contributed by atoms with Gasteiger partial charge in [0.15, 0.2) is 0 Å². The number of phenolic OH excluding ortho intramolecular Hbond substituents is 1. The molecule has 1 aromatic carbocycles. The number of rotatable bonds is 9. The third kappa shape index (κ3) is 5.15. The van der Waals surface area contributed by atoms with E-state index in [9.17, 15) is 9.90 Å². The van der Waals surface area contributed by atoms with E-state index < -0.39 is 0 Å². The molecule has 0 fully saturated rings. The Bertz CT molecular complexity index is 483. The molecule has 4 heteroatoms. The van der Waals surface area contributed by atoms with Gasteiger partial charge < -0.3 is 14.7 Å². The molecular formula is C19H31NO3. The lowest BCUT2D eigenvalue weighted by molar-refractivity contribution is 0.103. The third-order valence-electron chi connectivity index (χ3n) is 4.69. The van der Waals surface area contributed by atoms with E-state index in [1.807, 2.05) is 19.1 Å². The topological polar surface area (TPSA) is 49.8 Å². The van der Waals surface area contributed by atoms with Gasteiger partial charge in [-0.3, -0.25) is 0 Å². The lowest BCUT2D eigenvalue weighted by Crippen LogP contribution is -2.37. The molecule has 0 heterocycles. The SMILES string of the molecule is CCCN(CCC(CC)(CC)c1cccc(O)c1)C(=O)OCC. The number of hydrogen-bond acceptors (Lipinski definition) is 3. The molecule has 0 radical (unpaired) electrons. The number of aromatic hydroxyl groups is 1. The fraction of sp³-hybridized carbons (Fsp3) is 0.632. The Morgan fingerprint density at radius 2 is 1.87 bits per heavy atom. The lowest BCUT2D eigenvalue weighted by atomic mass is 9.73. The molecule has 130 valence electrons. The van der Waals surface area contributed by atoms with Crippen LogP contribution in [0, 0.1) is 0 Å². The Labute approximate surface area is 140 Å². The highest BCUT2D eigenvalue weighted by Gasteiger charge is 2.30. The van der Waals surface area contributed by atoms with Gasteiger partial charge in [0.05, 0.1) is 6.61 Å². The maximum Gasteiger partial charge on any atom is 0.409 e. The summed E-state index contributed by atoms with van der Waals surface area (Å²) in [6.07, 6.45) is 3.48. The van der Waals surface area contributed by atoms with Crippen LogP contribution in [0.3, 0.4) is 0 Å². The summed E-state index contributed by atoms with van der Waals surface area (Å²) in [6.45, 7) is 10.0. The molecule has 23 heavy (non-hydrogen) atoms. The number of carbonyl (C=O) groups excluding carboxylic acids is 1. The number of benzene rings is 1. The van der Waals surface area contributed by atoms with Crippen LogP contribution >= 0.6 is 0 Å². The molecule has 0 aliphatic carbocycles. The molecule has 1 rings (SSSR count). The fourth-order valence-corrected chi connectivity index (χ4v) is 3.12. The minimum absolute atomic E-state index is 0.0305. The van der Waals surface area contributed by atoms with E-state index in [1.165, 1.54) is 0 Å². The van der Waals surface area contributed by atoms with Crippen molar-refractivity contribution in [2.45, 2.75) is 58.8 Å². The first-order chi connectivity index (χ1) is 11.0. The number of ether oxygens (including phenoxy) is 1. The molecule has 1 amide bonds. The van der Waals surface area contributed by atoms with Crippen LogP contribution in [0.4, 0.5) is 4.79 Å². The summed E-state index contributed by atoms with van der Waals surface area (Å²) < 4.78 is 5.16. The Hall–Kier alpha value is -1.71. The van der Waals surface area contributed by atoms with Gasteiger partial charge in [0.25, 0.3) is 0 Å². The van der Waals surface area contributed by atoms with Crippen LogP contribution in [-0.2, 0) is 10.2 Å². The minimum atomic E-state index is -0.230. The van der Waals surface area contributed by atoms with Crippen molar-refractivity contribution in [2.75, 3.05) is 19.7 Å². The molecule has 0 bridgehead atoms. The van der Waals surface area contributed by atoms with E-state index >= 15 is 0 Å². The van der Waals surface area contributed by atoms with E-state index in [4.69, 9.17) is 4.74 Å². The predicted molar refractivity (Wildman–Crippen MR) is 93.9 cm³/mol. The van der Waals surface area contributed by atoms with Crippen LogP contribution in [0.1, 0.15) is 58.9 Å². The maximum absolute atomic E-state index is 12.1. The Morgan fingerprint density at radius 3 is 2.39 bits per heavy atom. The molecule has 0 aromatic heterocycles. The first-order valence-electron chi connectivity index (χ1n) is 8.74. The molecule has 0 unspecified atom stereocenters. The molecule has 1 N–H and O–H groups in total. The van der Waals surface area contributed by atoms with Crippen molar-refractivity contribution in [3.63, 3.8) is 0 Å². The van der Waals surface area contributed by atoms with Crippen molar-refractivity contribution in [1.29, 1.82) is 0 Å². The van der Waals surface area contributed by atoms with Crippen molar-refractivity contribution >= 4 is 6.09 Å². The largest absolute Gasteiger partial charge is 0.508 e. The summed E-state index contributed by atoms with van der Waals surface area (Å²) in [6, 6.07) is 7.50. The summed E-state index contributed by atoms with van der Waals surface area (Å²) in [5, 5.41) is 9.80. The van der Waals surface area contributed by atoms with Crippen molar-refractivity contribution in [3.05, 3.63) is 29.8 Å². The summed E-state index contributed by atoms with van der Waals surface area (Å²) in [5.74, 6) is 0.296. The van der Waals surface area contributed by atoms with Gasteiger partial charge in [0, 0.05) is 13.1 Å². The first-order valence-corrected chi connectivity index (χ1v) is 8.74. The Balaban J connectivity index is 2.91. The molecule has 0 aliphatic heterocycles. The Morgan fingerprint density at radius 1 is 1.17 bits per heavy atom. The second-order valence-electron chi connectivity index (χ2n) is 5.97. The fourth-order valence-electron chi connectivity index (χ4n) is 3.12. The van der Waals surface area contributed by atoms with Gasteiger partial charge >= 0.3 is 6.09 Å². The molecule has 0 saturated carbocycles. The molecule has 1 aromatic rings. The van der Waals surface area contributed by atoms with Gasteiger partial charge in [0.2, 0.25) is 0 Å². The highest BCUT2D eigenvalue weighted by molar-refractivity contribution is 5.67. The van der Waals surface area contributed by atoms with Gasteiger partial charge in [-0.05, 0) is 55.7 Å². The van der Waals surface area contributed by atoms with Crippen molar-refractivity contribution < 1.29 is 14.6 Å². The number of nitrogens with zero attached hydrogens (tertiary/aromatic N) is 1. The predicted octanol–water partition coefficient (Wildman–Crippen LogP) is 4.71. The summed E-state index contributed by atoms with van der Waals surface area (Å²) >= 11 is 0. The third-order valence-corrected chi connectivity index (χ3v) is 4.69. The van der Waals surface area contributed by atoms with Gasteiger partial charge in [-0.25, -0.2) is 4.79 Å². The van der Waals surface area contributed by atoms with Crippen LogP contribution in [0.25, 0.3) is 0 Å². The normalized spacial score (nSPS) is 11.3. The standard InChI is InChI=1S/C19H31NO3/c1-5-13-20(18(22)23-8-4)14-12-19(6-2,7-3)16-10-9-11-17(21)15-16/h9-11,15,21H,5-8,12-14H2,1-4H3. The molecule has 0 spiro atoms. The van der Waals surface area contributed by atoms with Crippen LogP contribution in [-0.4, -0.2) is 35.8 Å². The van der Waals surface area contributed by atoms with Crippen LogP contribution < -0.4 is 0 Å². The highest BCUT2D eigenvalue weighted by Crippen LogP contribution is 2.36. The van der Waals surface area contributed by atoms with Gasteiger partial charge in [-0.2, -0.15) is 0 Å². The van der Waals surface area contributed by atoms with E-state index in [0.29, 0.717) is 25.4 Å². The number of carbonyl (C=O) groups is 1. The van der Waals surface area contributed by atoms with E-state index in [0.717, 1.165) is 31.2 Å². The number of amides is 1. The molecule has 4 nitrogen and oxygen atoms in total. The number of phenols is 1. The van der Waals surface area contributed by atoms with Crippen LogP contribution in [0.5, 0.6) is 5.75 Å². The van der Waals surface area contributed by atoms with Crippen LogP contribution in [0.15, 0.2) is 24.3 Å². The van der Waals surface area contributed by atoms with Crippen LogP contribution in [0.2, 0.25) is 0 Å². The second-order valence-corrected chi connectivity index (χ2v) is 5.97. The van der Waals surface area contributed by atoms with Crippen molar-refractivity contribution in [2.24, 2.45) is 0 Å². The zero-order valence-corrected chi connectivity index (χ0v) is 15.0. The zero-order chi connectivity index (χ0) is 17.3. The molecule has 0 aliphatic rings. The molecule has 0 atom stereocenters. The smallest absolute Gasteiger partial charge is 0.409 e. The van der Waals surface area contributed by atoms with E-state index in [2.05, 4.69) is 26.8 Å². The highest BCUT2D eigenvalue weighted by atomic mass is 16.6. The summed E-state index contributed by atoms with van der Waals surface area (Å²) in [7, 11) is 0. The summed E-state index contributed by atoms with van der Waals surface area (Å²) in [5.41, 5.74) is 1.11. The molecule has 0 saturated heterocycles. The quantitative estimate of drug-likeness (QED) is 0.716. The van der Waals surface area contributed by atoms with Gasteiger partial charge in [0.1, 0.15) is 5.75 Å². The second kappa shape index (κ2) is 9.43. The van der Waals surface area contributed by atoms with E-state index in [1.54, 1.807) is 11.0 Å². The molecular weight excluding hydrogens is 290 g/mol. The maximum atomic E-state index is 12.1. The lowest BCUT2D eigenvalue weighted by Gasteiger charge is -2.35.